The van der Waals surface area contributed by atoms with Crippen LogP contribution in [-0.2, 0) is 13.5 Å². The minimum Gasteiger partial charge on any atom is -0.330 e. The van der Waals surface area contributed by atoms with E-state index in [4.69, 9.17) is 5.73 Å². The molecule has 1 saturated carbocycles. The SMILES string of the molecule is Cc1nn(C)c(SC2CCCC2)c1CCN. The van der Waals surface area contributed by atoms with Gasteiger partial charge in [-0.3, -0.25) is 4.68 Å². The van der Waals surface area contributed by atoms with E-state index in [1.807, 2.05) is 23.5 Å². The van der Waals surface area contributed by atoms with Crippen LogP contribution in [0.5, 0.6) is 0 Å². The summed E-state index contributed by atoms with van der Waals surface area (Å²) in [6.07, 6.45) is 6.45. The number of nitrogens with zero attached hydrogens (tertiary/aromatic N) is 2. The molecule has 0 bridgehead atoms. The second-order valence-electron chi connectivity index (χ2n) is 4.56. The first-order valence-electron chi connectivity index (χ1n) is 6.11. The third kappa shape index (κ3) is 2.43. The van der Waals surface area contributed by atoms with Gasteiger partial charge in [0.2, 0.25) is 0 Å². The lowest BCUT2D eigenvalue weighted by Crippen LogP contribution is -2.06. The van der Waals surface area contributed by atoms with Crippen LogP contribution < -0.4 is 5.73 Å². The Morgan fingerprint density at radius 3 is 2.75 bits per heavy atom. The topological polar surface area (TPSA) is 43.8 Å². The maximum absolute atomic E-state index is 5.67. The fraction of sp³-hybridized carbons (Fsp3) is 0.750. The summed E-state index contributed by atoms with van der Waals surface area (Å²) in [5, 5.41) is 6.65. The van der Waals surface area contributed by atoms with E-state index in [1.165, 1.54) is 36.3 Å². The molecule has 2 rings (SSSR count). The highest BCUT2D eigenvalue weighted by Gasteiger charge is 2.21. The van der Waals surface area contributed by atoms with Gasteiger partial charge in [0.1, 0.15) is 0 Å². The Kier molecular flexibility index (Phi) is 3.92. The Balaban J connectivity index is 2.16. The fourth-order valence-electron chi connectivity index (χ4n) is 2.42. The number of hydrogen-bond acceptors (Lipinski definition) is 3. The van der Waals surface area contributed by atoms with Crippen molar-refractivity contribution in [3.8, 4) is 0 Å². The highest BCUT2D eigenvalue weighted by molar-refractivity contribution is 7.99. The molecule has 0 aliphatic heterocycles. The summed E-state index contributed by atoms with van der Waals surface area (Å²) in [5.41, 5.74) is 8.18. The van der Waals surface area contributed by atoms with Crippen LogP contribution in [0.1, 0.15) is 36.9 Å². The van der Waals surface area contributed by atoms with Gasteiger partial charge < -0.3 is 5.73 Å². The van der Waals surface area contributed by atoms with E-state index in [2.05, 4.69) is 12.0 Å². The molecule has 90 valence electrons. The van der Waals surface area contributed by atoms with Crippen molar-refractivity contribution in [3.63, 3.8) is 0 Å². The van der Waals surface area contributed by atoms with E-state index >= 15 is 0 Å². The third-order valence-electron chi connectivity index (χ3n) is 3.26. The van der Waals surface area contributed by atoms with Crippen molar-refractivity contribution in [2.75, 3.05) is 6.54 Å². The molecule has 1 aliphatic carbocycles. The maximum atomic E-state index is 5.67. The lowest BCUT2D eigenvalue weighted by Gasteiger charge is -2.10. The number of thioether (sulfide) groups is 1. The molecule has 1 fully saturated rings. The molecule has 1 aromatic heterocycles. The van der Waals surface area contributed by atoms with Gasteiger partial charge >= 0.3 is 0 Å². The summed E-state index contributed by atoms with van der Waals surface area (Å²) in [4.78, 5) is 0. The molecule has 1 heterocycles. The third-order valence-corrected chi connectivity index (χ3v) is 4.80. The zero-order valence-corrected chi connectivity index (χ0v) is 11.0. The molecule has 0 radical (unpaired) electrons. The minimum atomic E-state index is 0.713. The van der Waals surface area contributed by atoms with Crippen molar-refractivity contribution >= 4 is 11.8 Å². The fourth-order valence-corrected chi connectivity index (χ4v) is 3.89. The second-order valence-corrected chi connectivity index (χ2v) is 5.84. The van der Waals surface area contributed by atoms with Crippen LogP contribution in [0.25, 0.3) is 0 Å². The first-order valence-corrected chi connectivity index (χ1v) is 6.99. The standard InChI is InChI=1S/C12H21N3S/c1-9-11(7-8-13)12(15(2)14-9)16-10-5-3-4-6-10/h10H,3-8,13H2,1-2H3. The lowest BCUT2D eigenvalue weighted by molar-refractivity contribution is 0.685. The van der Waals surface area contributed by atoms with Gasteiger partial charge in [-0.15, -0.1) is 11.8 Å². The monoisotopic (exact) mass is 239 g/mol. The number of nitrogens with two attached hydrogens (primary N) is 1. The van der Waals surface area contributed by atoms with Gasteiger partial charge in [0.25, 0.3) is 0 Å². The predicted molar refractivity (Wildman–Crippen MR) is 68.8 cm³/mol. The Morgan fingerprint density at radius 2 is 2.12 bits per heavy atom. The van der Waals surface area contributed by atoms with Crippen molar-refractivity contribution in [1.29, 1.82) is 0 Å². The lowest BCUT2D eigenvalue weighted by atomic mass is 10.2. The molecule has 0 aromatic carbocycles. The van der Waals surface area contributed by atoms with Crippen molar-refractivity contribution < 1.29 is 0 Å². The van der Waals surface area contributed by atoms with E-state index in [1.54, 1.807) is 0 Å². The number of hydrogen-bond donors (Lipinski definition) is 1. The van der Waals surface area contributed by atoms with Crippen LogP contribution in [0.3, 0.4) is 0 Å². The Bertz CT molecular complexity index is 353. The summed E-state index contributed by atoms with van der Waals surface area (Å²) in [5.74, 6) is 0. The average Bonchev–Trinajstić information content (AvgIpc) is 2.82. The molecule has 0 spiro atoms. The molecule has 1 aromatic rings. The van der Waals surface area contributed by atoms with Crippen LogP contribution in [0, 0.1) is 6.92 Å². The quantitative estimate of drug-likeness (QED) is 0.876. The number of rotatable bonds is 4. The molecule has 16 heavy (non-hydrogen) atoms. The van der Waals surface area contributed by atoms with Gasteiger partial charge in [-0.2, -0.15) is 5.10 Å². The summed E-state index contributed by atoms with van der Waals surface area (Å²) in [6, 6.07) is 0. The van der Waals surface area contributed by atoms with E-state index in [0.29, 0.717) is 6.54 Å². The van der Waals surface area contributed by atoms with Crippen LogP contribution in [0.2, 0.25) is 0 Å². The Morgan fingerprint density at radius 1 is 1.44 bits per heavy atom. The van der Waals surface area contributed by atoms with E-state index in [9.17, 15) is 0 Å². The summed E-state index contributed by atoms with van der Waals surface area (Å²) < 4.78 is 2.03. The molecule has 0 saturated heterocycles. The summed E-state index contributed by atoms with van der Waals surface area (Å²) in [6.45, 7) is 2.80. The second kappa shape index (κ2) is 5.23. The zero-order chi connectivity index (χ0) is 11.5. The molecule has 3 nitrogen and oxygen atoms in total. The highest BCUT2D eigenvalue weighted by atomic mass is 32.2. The van der Waals surface area contributed by atoms with Crippen molar-refractivity contribution in [3.05, 3.63) is 11.3 Å². The van der Waals surface area contributed by atoms with E-state index in [-0.39, 0.29) is 0 Å². The molecule has 0 atom stereocenters. The van der Waals surface area contributed by atoms with Gasteiger partial charge in [0.15, 0.2) is 0 Å². The average molecular weight is 239 g/mol. The first-order chi connectivity index (χ1) is 7.72. The van der Waals surface area contributed by atoms with Gasteiger partial charge in [0.05, 0.1) is 10.7 Å². The molecule has 4 heteroatoms. The molecule has 1 aliphatic rings. The summed E-state index contributed by atoms with van der Waals surface area (Å²) >= 11 is 2.01. The number of aryl methyl sites for hydroxylation is 2. The van der Waals surface area contributed by atoms with Gasteiger partial charge in [0, 0.05) is 17.9 Å². The van der Waals surface area contributed by atoms with Gasteiger partial charge in [-0.25, -0.2) is 0 Å². The smallest absolute Gasteiger partial charge is 0.0974 e. The van der Waals surface area contributed by atoms with E-state index < -0.39 is 0 Å². The number of aromatic nitrogens is 2. The van der Waals surface area contributed by atoms with Crippen LogP contribution in [0.15, 0.2) is 5.03 Å². The molecule has 0 amide bonds. The minimum absolute atomic E-state index is 0.713. The predicted octanol–water partition coefficient (Wildman–Crippen LogP) is 2.26. The van der Waals surface area contributed by atoms with Crippen molar-refractivity contribution in [1.82, 2.24) is 9.78 Å². The van der Waals surface area contributed by atoms with Gasteiger partial charge in [-0.1, -0.05) is 12.8 Å². The zero-order valence-electron chi connectivity index (χ0n) is 10.2. The Labute approximate surface area is 102 Å². The van der Waals surface area contributed by atoms with Crippen LogP contribution in [-0.4, -0.2) is 21.6 Å². The van der Waals surface area contributed by atoms with Crippen LogP contribution >= 0.6 is 11.8 Å². The Hall–Kier alpha value is -0.480. The van der Waals surface area contributed by atoms with Crippen LogP contribution in [0.4, 0.5) is 0 Å². The molecule has 0 unspecified atom stereocenters. The normalized spacial score (nSPS) is 17.2. The van der Waals surface area contributed by atoms with Gasteiger partial charge in [-0.05, 0) is 32.7 Å². The molecule has 2 N–H and O–H groups in total. The first kappa shape index (κ1) is 12.0. The molecular weight excluding hydrogens is 218 g/mol. The van der Waals surface area contributed by atoms with E-state index in [0.717, 1.165) is 17.4 Å². The summed E-state index contributed by atoms with van der Waals surface area (Å²) in [7, 11) is 2.05. The molecular formula is C12H21N3S. The van der Waals surface area contributed by atoms with Crippen molar-refractivity contribution in [2.24, 2.45) is 12.8 Å². The maximum Gasteiger partial charge on any atom is 0.0974 e. The largest absolute Gasteiger partial charge is 0.330 e. The highest BCUT2D eigenvalue weighted by Crippen LogP contribution is 2.36. The van der Waals surface area contributed by atoms with Crippen molar-refractivity contribution in [2.45, 2.75) is 49.3 Å².